The number of amides is 4. The van der Waals surface area contributed by atoms with Gasteiger partial charge < -0.3 is 46.6 Å². The Kier molecular flexibility index (Phi) is 37.4. The van der Waals surface area contributed by atoms with Crippen molar-refractivity contribution in [1.29, 1.82) is 0 Å². The van der Waals surface area contributed by atoms with E-state index in [2.05, 4.69) is 38.1 Å². The number of likely N-dealkylation sites (tertiary alicyclic amines) is 1. The predicted molar refractivity (Wildman–Crippen MR) is 285 cm³/mol. The van der Waals surface area contributed by atoms with Crippen molar-refractivity contribution in [3.05, 3.63) is 65.0 Å². The molecule has 2 aromatic rings. The van der Waals surface area contributed by atoms with Crippen LogP contribution in [0.4, 0.5) is 0 Å². The van der Waals surface area contributed by atoms with E-state index in [0.717, 1.165) is 75.6 Å². The van der Waals surface area contributed by atoms with E-state index in [-0.39, 0.29) is 223 Å². The number of nitrogens with zero attached hydrogens (tertiary/aromatic N) is 6. The number of aryl methyl sites for hydroxylation is 1. The molecule has 25 heteroatoms. The maximum Gasteiger partial charge on any atom is 3.00 e. The van der Waals surface area contributed by atoms with Gasteiger partial charge in [0.25, 0.3) is 0 Å². The number of carboxylic acid groups (broad SMARTS) is 4. The molecule has 80 heavy (non-hydrogen) atoms. The van der Waals surface area contributed by atoms with Crippen LogP contribution < -0.4 is 21.3 Å². The van der Waals surface area contributed by atoms with Crippen molar-refractivity contribution in [2.24, 2.45) is 11.8 Å². The molecule has 0 aliphatic carbocycles. The fourth-order valence-corrected chi connectivity index (χ4v) is 9.97. The standard InChI is InChI=1S/C55H80N10O12.3Gd/c1-40(64-29-27-62(38-52(72)73)25-23-61(37-51(70)71)24-26-63(28-30-64)39-53(74)75)54(76)59-35-48(66)58-19-5-3-2-4-7-41-9-11-42(12-10-41)13-14-44-31-46(34-57-33-44)47(32-50(68)69)60-55(77)45-8-6-22-65(36-45)49(67)16-15-43-17-20-56-21-18-43;;;/h9-12,31,33-34,40,43,45,47,56H,2-8,15-30,32,35-39H2,1H3,(H,58,66)(H,59,76)(H,60,77)(H,68,69)(H,70,71)(H,72,73)(H,74,75);;;/q;3*+3/t40?,45-,47+;;;/m1.../s1. The molecule has 8 N–H and O–H groups in total. The van der Waals surface area contributed by atoms with Crippen molar-refractivity contribution in [3.63, 3.8) is 0 Å². The first-order chi connectivity index (χ1) is 37.0. The monoisotopic (exact) mass is 1550 g/mol. The van der Waals surface area contributed by atoms with Crippen molar-refractivity contribution in [3.8, 4) is 11.8 Å². The smallest absolute Gasteiger partial charge is 0.481 e. The maximum absolute atomic E-state index is 13.5. The summed E-state index contributed by atoms with van der Waals surface area (Å²) in [4.78, 5) is 112. The summed E-state index contributed by atoms with van der Waals surface area (Å²) >= 11 is 0. The zero-order valence-electron chi connectivity index (χ0n) is 45.7. The summed E-state index contributed by atoms with van der Waals surface area (Å²) in [5, 5.41) is 50.0. The van der Waals surface area contributed by atoms with Gasteiger partial charge in [-0.15, -0.1) is 0 Å². The number of carbonyl (C=O) groups is 8. The number of unbranched alkanes of at least 4 members (excludes halogenated alkanes) is 3. The third kappa shape index (κ3) is 28.8. The molecule has 1 aromatic carbocycles. The van der Waals surface area contributed by atoms with Gasteiger partial charge in [-0.1, -0.05) is 36.8 Å². The molecule has 5 rings (SSSR count). The first-order valence-corrected chi connectivity index (χ1v) is 27.2. The summed E-state index contributed by atoms with van der Waals surface area (Å²) in [5.74, 6) is 1.25. The average molecular weight is 1550 g/mol. The minimum Gasteiger partial charge on any atom is -0.481 e. The number of hydrogen-bond acceptors (Lipinski definition) is 14. The largest absolute Gasteiger partial charge is 3.00 e. The van der Waals surface area contributed by atoms with E-state index in [1.54, 1.807) is 45.0 Å². The minimum absolute atomic E-state index is 0. The molecular formula is C55H80Gd3N10O12+9. The SMILES string of the molecule is CC(C(=O)NCC(=O)NCCCCCCc1ccc(C#Cc2cncc([C@H](CC(=O)O)NC(=O)[C@@H]3CCCN(C(=O)CCC4CCNCC4)C3)c2)cc1)N1CCN(CC(=O)O)CCN(CC(=O)O)CCN(CC(=O)O)CC1.[Gd+3].[Gd+3].[Gd+3]. The molecule has 1 aromatic heterocycles. The fourth-order valence-electron chi connectivity index (χ4n) is 9.97. The quantitative estimate of drug-likeness (QED) is 0.0514. The summed E-state index contributed by atoms with van der Waals surface area (Å²) in [6, 6.07) is 8.16. The van der Waals surface area contributed by atoms with Crippen LogP contribution >= 0.6 is 0 Å². The molecule has 22 nitrogen and oxygen atoms in total. The molecule has 3 aliphatic rings. The summed E-state index contributed by atoms with van der Waals surface area (Å²) in [6.07, 6.45) is 12.0. The van der Waals surface area contributed by atoms with Crippen LogP contribution in [-0.2, 0) is 44.8 Å². The van der Waals surface area contributed by atoms with E-state index >= 15 is 0 Å². The van der Waals surface area contributed by atoms with Crippen molar-refractivity contribution in [1.82, 2.24) is 50.8 Å². The molecule has 0 spiro atoms. The predicted octanol–water partition coefficient (Wildman–Crippen LogP) is 1.33. The van der Waals surface area contributed by atoms with Gasteiger partial charge in [0.15, 0.2) is 0 Å². The number of carbonyl (C=O) groups excluding carboxylic acids is 4. The number of hydrogen-bond donors (Lipinski definition) is 8. The van der Waals surface area contributed by atoms with Gasteiger partial charge in [0, 0.05) is 102 Å². The maximum atomic E-state index is 13.5. The van der Waals surface area contributed by atoms with Crippen LogP contribution in [0, 0.1) is 143 Å². The number of aliphatic carboxylic acids is 4. The molecule has 0 bridgehead atoms. The Hall–Kier alpha value is -2.54. The van der Waals surface area contributed by atoms with Gasteiger partial charge in [0.05, 0.1) is 50.6 Å². The number of piperidine rings is 2. The van der Waals surface area contributed by atoms with Crippen molar-refractivity contribution >= 4 is 47.5 Å². The Balaban J connectivity index is 0.00000729. The zero-order valence-corrected chi connectivity index (χ0v) is 52.5. The fraction of sp³-hybridized carbons (Fsp3) is 0.618. The Morgan fingerprint density at radius 2 is 1.26 bits per heavy atom. The van der Waals surface area contributed by atoms with Crippen LogP contribution in [0.1, 0.15) is 106 Å². The number of pyridine rings is 1. The van der Waals surface area contributed by atoms with Crippen molar-refractivity contribution in [2.45, 2.75) is 96.1 Å². The summed E-state index contributed by atoms with van der Waals surface area (Å²) in [6.45, 7) is 6.10. The van der Waals surface area contributed by atoms with Gasteiger partial charge in [-0.3, -0.25) is 62.9 Å². The van der Waals surface area contributed by atoms with Gasteiger partial charge in [0.1, 0.15) is 0 Å². The van der Waals surface area contributed by atoms with E-state index in [0.29, 0.717) is 55.9 Å². The molecule has 3 atom stereocenters. The van der Waals surface area contributed by atoms with E-state index in [4.69, 9.17) is 0 Å². The Labute approximate surface area is 566 Å². The van der Waals surface area contributed by atoms with E-state index in [9.17, 15) is 58.8 Å². The molecule has 437 valence electrons. The van der Waals surface area contributed by atoms with Crippen molar-refractivity contribution < 1.29 is 179 Å². The molecular weight excluding hydrogens is 1460 g/mol. The first-order valence-electron chi connectivity index (χ1n) is 27.2. The number of rotatable bonds is 25. The second kappa shape index (κ2) is 40.7. The van der Waals surface area contributed by atoms with E-state index in [1.165, 1.54) is 0 Å². The van der Waals surface area contributed by atoms with Crippen LogP contribution in [0.3, 0.4) is 0 Å². The van der Waals surface area contributed by atoms with Crippen LogP contribution in [-0.4, -0.2) is 215 Å². The van der Waals surface area contributed by atoms with Crippen LogP contribution in [0.5, 0.6) is 0 Å². The summed E-state index contributed by atoms with van der Waals surface area (Å²) < 4.78 is 0. The Bertz CT molecular complexity index is 2320. The molecule has 4 heterocycles. The van der Waals surface area contributed by atoms with Crippen molar-refractivity contribution in [2.75, 3.05) is 111 Å². The number of carboxylic acids is 4. The normalized spacial score (nSPS) is 17.8. The van der Waals surface area contributed by atoms with Gasteiger partial charge >= 0.3 is 144 Å². The molecule has 3 radical (unpaired) electrons. The molecule has 4 amide bonds. The number of aromatic nitrogens is 1. The second-order valence-electron chi connectivity index (χ2n) is 20.5. The zero-order chi connectivity index (χ0) is 55.5. The van der Waals surface area contributed by atoms with E-state index in [1.807, 2.05) is 29.2 Å². The minimum atomic E-state index is -1.07. The van der Waals surface area contributed by atoms with Crippen LogP contribution in [0.15, 0.2) is 42.7 Å². The topological polar surface area (TPSA) is 295 Å². The third-order valence-corrected chi connectivity index (χ3v) is 14.5. The first kappa shape index (κ1) is 73.6. The van der Waals surface area contributed by atoms with E-state index < -0.39 is 47.8 Å². The average Bonchev–Trinajstić information content (AvgIpc) is 3.40. The van der Waals surface area contributed by atoms with Gasteiger partial charge in [-0.25, -0.2) is 0 Å². The summed E-state index contributed by atoms with van der Waals surface area (Å²) in [7, 11) is 0. The van der Waals surface area contributed by atoms with Crippen LogP contribution in [0.25, 0.3) is 0 Å². The van der Waals surface area contributed by atoms with Gasteiger partial charge in [0.2, 0.25) is 23.6 Å². The molecule has 1 unspecified atom stereocenters. The number of benzene rings is 1. The second-order valence-corrected chi connectivity index (χ2v) is 20.5. The molecule has 3 aliphatic heterocycles. The number of nitrogens with one attached hydrogen (secondary N) is 4. The molecule has 3 fully saturated rings. The van der Waals surface area contributed by atoms with Crippen LogP contribution in [0.2, 0.25) is 0 Å². The Morgan fingerprint density at radius 1 is 0.688 bits per heavy atom. The molecule has 3 saturated heterocycles. The molecule has 0 saturated carbocycles. The van der Waals surface area contributed by atoms with Gasteiger partial charge in [-0.2, -0.15) is 0 Å². The summed E-state index contributed by atoms with van der Waals surface area (Å²) in [5.41, 5.74) is 3.05. The Morgan fingerprint density at radius 3 is 1.85 bits per heavy atom. The third-order valence-electron chi connectivity index (χ3n) is 14.5. The van der Waals surface area contributed by atoms with Gasteiger partial charge in [-0.05, 0) is 107 Å².